The molecule has 0 bridgehead atoms. The van der Waals surface area contributed by atoms with Gasteiger partial charge in [0.2, 0.25) is 11.8 Å². The number of halogens is 9. The minimum atomic E-state index is -4.85. The van der Waals surface area contributed by atoms with Gasteiger partial charge in [0.05, 0.1) is 27.8 Å². The number of alkyl halides is 5. The Balaban J connectivity index is 1.53. The lowest BCUT2D eigenvalue weighted by Crippen LogP contribution is -2.19. The molecule has 1 unspecified atom stereocenters. The highest BCUT2D eigenvalue weighted by atomic mass is 35.5. The quantitative estimate of drug-likeness (QED) is 0.179. The van der Waals surface area contributed by atoms with Crippen LogP contribution < -0.4 is 16.0 Å². The molecule has 0 heterocycles. The van der Waals surface area contributed by atoms with Crippen LogP contribution in [0.4, 0.5) is 43.4 Å². The number of hydrogen-bond donors (Lipinski definition) is 3. The fraction of sp³-hybridized carbons (Fsp3) is 0.222. The number of benzene rings is 3. The summed E-state index contributed by atoms with van der Waals surface area (Å²) in [7, 11) is 0. The first kappa shape index (κ1) is 31.5. The normalized spacial score (nSPS) is 17.4. The summed E-state index contributed by atoms with van der Waals surface area (Å²) in [6.45, 7) is 1.47. The van der Waals surface area contributed by atoms with Crippen LogP contribution in [0.1, 0.15) is 40.7 Å². The van der Waals surface area contributed by atoms with E-state index in [1.54, 1.807) is 0 Å². The van der Waals surface area contributed by atoms with E-state index in [4.69, 9.17) is 34.8 Å². The summed E-state index contributed by atoms with van der Waals surface area (Å²) in [6.07, 6.45) is -4.91. The summed E-state index contributed by atoms with van der Waals surface area (Å²) < 4.78 is 80.4. The molecule has 3 N–H and O–H groups in total. The summed E-state index contributed by atoms with van der Waals surface area (Å²) in [4.78, 5) is 37.5. The van der Waals surface area contributed by atoms with Crippen LogP contribution in [-0.4, -0.2) is 22.1 Å². The number of rotatable bonds is 7. The molecule has 0 spiro atoms. The molecule has 3 amide bonds. The fourth-order valence-corrected chi connectivity index (χ4v) is 5.23. The first-order valence-corrected chi connectivity index (χ1v) is 13.1. The van der Waals surface area contributed by atoms with E-state index in [0.717, 1.165) is 24.3 Å². The van der Waals surface area contributed by atoms with Crippen molar-refractivity contribution in [1.29, 1.82) is 0 Å². The van der Waals surface area contributed by atoms with E-state index in [1.807, 2.05) is 0 Å². The molecule has 1 saturated carbocycles. The smallest absolute Gasteiger partial charge is 0.326 e. The van der Waals surface area contributed by atoms with Crippen molar-refractivity contribution in [2.45, 2.75) is 29.8 Å². The first-order chi connectivity index (χ1) is 19.5. The highest BCUT2D eigenvalue weighted by Crippen LogP contribution is 2.65. The van der Waals surface area contributed by atoms with Crippen molar-refractivity contribution in [3.63, 3.8) is 0 Å². The predicted molar refractivity (Wildman–Crippen MR) is 145 cm³/mol. The third-order valence-corrected chi connectivity index (χ3v) is 7.62. The predicted octanol–water partition coefficient (Wildman–Crippen LogP) is 7.90. The van der Waals surface area contributed by atoms with Gasteiger partial charge in [-0.15, -0.1) is 23.2 Å². The maximum atomic E-state index is 14.8. The summed E-state index contributed by atoms with van der Waals surface area (Å²) in [5.41, 5.74) is -3.04. The van der Waals surface area contributed by atoms with Crippen molar-refractivity contribution in [3.8, 4) is 0 Å². The van der Waals surface area contributed by atoms with E-state index < -0.39 is 74.5 Å². The monoisotopic (exact) mass is 651 g/mol. The van der Waals surface area contributed by atoms with Crippen molar-refractivity contribution < 1.29 is 40.7 Å². The summed E-state index contributed by atoms with van der Waals surface area (Å²) >= 11 is 18.5. The molecule has 2 atom stereocenters. The van der Waals surface area contributed by atoms with Crippen molar-refractivity contribution in [2.75, 3.05) is 16.0 Å². The average Bonchev–Trinajstić information content (AvgIpc) is 3.50. The van der Waals surface area contributed by atoms with E-state index in [9.17, 15) is 40.7 Å². The third kappa shape index (κ3) is 6.45. The van der Waals surface area contributed by atoms with Crippen LogP contribution in [0.5, 0.6) is 0 Å². The van der Waals surface area contributed by atoms with Gasteiger partial charge in [-0.3, -0.25) is 14.4 Å². The third-order valence-electron chi connectivity index (χ3n) is 6.35. The topological polar surface area (TPSA) is 87.3 Å². The van der Waals surface area contributed by atoms with Gasteiger partial charge in [0, 0.05) is 18.0 Å². The Morgan fingerprint density at radius 3 is 2.26 bits per heavy atom. The van der Waals surface area contributed by atoms with Gasteiger partial charge in [-0.25, -0.2) is 13.2 Å². The van der Waals surface area contributed by atoms with E-state index in [0.29, 0.717) is 12.1 Å². The van der Waals surface area contributed by atoms with Gasteiger partial charge in [-0.2, -0.15) is 13.2 Å². The molecule has 0 aromatic heterocycles. The molecule has 0 aliphatic heterocycles. The van der Waals surface area contributed by atoms with E-state index in [-0.39, 0.29) is 28.3 Å². The molecule has 1 aliphatic rings. The second-order valence-corrected chi connectivity index (χ2v) is 11.1. The Morgan fingerprint density at radius 2 is 1.62 bits per heavy atom. The zero-order valence-electron chi connectivity index (χ0n) is 21.1. The van der Waals surface area contributed by atoms with Crippen LogP contribution in [-0.2, 0) is 15.8 Å². The summed E-state index contributed by atoms with van der Waals surface area (Å²) in [6, 6.07) is 7.13. The Labute approximate surface area is 249 Å². The number of carbonyl (C=O) groups excluding carboxylic acids is 3. The number of anilines is 3. The largest absolute Gasteiger partial charge is 0.416 e. The maximum absolute atomic E-state index is 14.8. The molecule has 15 heteroatoms. The zero-order valence-corrected chi connectivity index (χ0v) is 23.4. The molecule has 4 rings (SSSR count). The maximum Gasteiger partial charge on any atom is 0.416 e. The van der Waals surface area contributed by atoms with Crippen LogP contribution >= 0.6 is 34.8 Å². The van der Waals surface area contributed by atoms with Crippen molar-refractivity contribution in [2.24, 2.45) is 5.92 Å². The van der Waals surface area contributed by atoms with Crippen LogP contribution in [0.15, 0.2) is 48.5 Å². The van der Waals surface area contributed by atoms with Gasteiger partial charge in [0.1, 0.15) is 21.7 Å². The van der Waals surface area contributed by atoms with Gasteiger partial charge < -0.3 is 16.0 Å². The SMILES string of the molecule is CCC(=O)Nc1c(F)ccc(NC(=O)c2cc(NC(=O)[C@H]3C(c4cc(F)cc(C(F)(F)F)c4)C3(Cl)Cl)ccc2Cl)c1F. The molecular formula is C27H18Cl3F6N3O3. The highest BCUT2D eigenvalue weighted by molar-refractivity contribution is 6.53. The van der Waals surface area contributed by atoms with Gasteiger partial charge >= 0.3 is 6.18 Å². The van der Waals surface area contributed by atoms with E-state index in [1.165, 1.54) is 19.1 Å². The summed E-state index contributed by atoms with van der Waals surface area (Å²) in [5.74, 6) is -8.48. The molecule has 1 fully saturated rings. The minimum Gasteiger partial charge on any atom is -0.326 e. The van der Waals surface area contributed by atoms with E-state index >= 15 is 0 Å². The van der Waals surface area contributed by atoms with Gasteiger partial charge in [-0.05, 0) is 54.1 Å². The molecule has 1 aliphatic carbocycles. The number of carbonyl (C=O) groups is 3. The molecule has 222 valence electrons. The van der Waals surface area contributed by atoms with Gasteiger partial charge in [-0.1, -0.05) is 18.5 Å². The second kappa shape index (κ2) is 11.7. The van der Waals surface area contributed by atoms with Crippen molar-refractivity contribution in [3.05, 3.63) is 87.7 Å². The summed E-state index contributed by atoms with van der Waals surface area (Å²) in [5, 5.41) is 6.57. The fourth-order valence-electron chi connectivity index (χ4n) is 4.20. The lowest BCUT2D eigenvalue weighted by Gasteiger charge is -2.13. The molecular weight excluding hydrogens is 635 g/mol. The Kier molecular flexibility index (Phi) is 8.73. The van der Waals surface area contributed by atoms with Crippen LogP contribution in [0.3, 0.4) is 0 Å². The van der Waals surface area contributed by atoms with Crippen molar-refractivity contribution >= 4 is 69.6 Å². The van der Waals surface area contributed by atoms with E-state index in [2.05, 4.69) is 16.0 Å². The zero-order chi connectivity index (χ0) is 31.1. The molecule has 6 nitrogen and oxygen atoms in total. The van der Waals surface area contributed by atoms with Crippen LogP contribution in [0, 0.1) is 23.4 Å². The van der Waals surface area contributed by atoms with Crippen LogP contribution in [0.25, 0.3) is 0 Å². The Hall–Kier alpha value is -3.48. The molecule has 0 saturated heterocycles. The molecule has 3 aromatic rings. The minimum absolute atomic E-state index is 0.0185. The lowest BCUT2D eigenvalue weighted by molar-refractivity contribution is -0.137. The molecule has 3 aromatic carbocycles. The van der Waals surface area contributed by atoms with Crippen LogP contribution in [0.2, 0.25) is 5.02 Å². The van der Waals surface area contributed by atoms with Crippen molar-refractivity contribution in [1.82, 2.24) is 0 Å². The molecule has 0 radical (unpaired) electrons. The second-order valence-electron chi connectivity index (χ2n) is 9.22. The average molecular weight is 653 g/mol. The lowest BCUT2D eigenvalue weighted by atomic mass is 10.0. The number of nitrogens with one attached hydrogen (secondary N) is 3. The Morgan fingerprint density at radius 1 is 0.929 bits per heavy atom. The first-order valence-electron chi connectivity index (χ1n) is 12.0. The standard InChI is InChI=1S/C27H18Cl3F6N3O3/c1-2-19(40)39-23-17(32)5-6-18(22(23)33)38-24(41)15-10-14(3-4-16(15)28)37-25(42)21-20(26(21,29)30)11-7-12(27(34,35)36)9-13(31)8-11/h3-10,20-21H,2H2,1H3,(H,37,42)(H,38,41)(H,39,40)/t20?,21-/m1/s1. The Bertz CT molecular complexity index is 1600. The highest BCUT2D eigenvalue weighted by Gasteiger charge is 2.67. The molecule has 42 heavy (non-hydrogen) atoms. The van der Waals surface area contributed by atoms with Gasteiger partial charge in [0.15, 0.2) is 5.82 Å². The van der Waals surface area contributed by atoms with Gasteiger partial charge in [0.25, 0.3) is 5.91 Å². The number of hydrogen-bond acceptors (Lipinski definition) is 3. The number of amides is 3.